The van der Waals surface area contributed by atoms with Crippen molar-refractivity contribution in [3.8, 4) is 0 Å². The zero-order valence-electron chi connectivity index (χ0n) is 19.4. The van der Waals surface area contributed by atoms with Gasteiger partial charge in [0.05, 0.1) is 30.0 Å². The number of benzene rings is 1. The quantitative estimate of drug-likeness (QED) is 0.348. The van der Waals surface area contributed by atoms with E-state index in [0.717, 1.165) is 17.1 Å². The van der Waals surface area contributed by atoms with Gasteiger partial charge >= 0.3 is 0 Å². The Balaban J connectivity index is 1.39. The minimum atomic E-state index is -0.349. The number of hydrogen-bond donors (Lipinski definition) is 2. The van der Waals surface area contributed by atoms with E-state index < -0.39 is 0 Å². The van der Waals surface area contributed by atoms with Crippen molar-refractivity contribution in [3.63, 3.8) is 0 Å². The minimum absolute atomic E-state index is 0.173. The molecule has 0 radical (unpaired) electrons. The standard InChI is InChI=1S/C27H25FN6OS/c28-19-9-11-20(12-10-19)31-24(35)13-17-34-26(25(32-27(34)36)22-7-2-4-15-30-22)23-8-5-16-33(23)18-21-6-1-3-14-29-21/h1-12,14-16,25-26H,13,17-18H2,(H,31,35)(H,32,36)/t25-,26-/m0/s1. The molecule has 0 aliphatic carbocycles. The van der Waals surface area contributed by atoms with Gasteiger partial charge in [-0.05, 0) is 72.9 Å². The first kappa shape index (κ1) is 23.6. The maximum atomic E-state index is 13.2. The van der Waals surface area contributed by atoms with Gasteiger partial charge in [0.1, 0.15) is 5.82 Å². The summed E-state index contributed by atoms with van der Waals surface area (Å²) in [6.45, 7) is 1.02. The molecule has 1 aliphatic heterocycles. The highest BCUT2D eigenvalue weighted by Crippen LogP contribution is 2.39. The molecule has 1 amide bonds. The third kappa shape index (κ3) is 5.26. The molecule has 1 aromatic carbocycles. The first-order valence-corrected chi connectivity index (χ1v) is 12.1. The van der Waals surface area contributed by atoms with Gasteiger partial charge in [-0.15, -0.1) is 0 Å². The number of nitrogens with one attached hydrogen (secondary N) is 2. The fourth-order valence-electron chi connectivity index (χ4n) is 4.45. The molecule has 2 atom stereocenters. The van der Waals surface area contributed by atoms with Gasteiger partial charge in [-0.2, -0.15) is 0 Å². The molecule has 3 aromatic heterocycles. The van der Waals surface area contributed by atoms with Crippen LogP contribution in [0.2, 0.25) is 0 Å². The number of amides is 1. The topological polar surface area (TPSA) is 75.1 Å². The van der Waals surface area contributed by atoms with Crippen LogP contribution in [0, 0.1) is 5.82 Å². The van der Waals surface area contributed by atoms with Crippen LogP contribution in [0.3, 0.4) is 0 Å². The second-order valence-corrected chi connectivity index (χ2v) is 8.89. The van der Waals surface area contributed by atoms with E-state index in [1.54, 1.807) is 24.5 Å². The lowest BCUT2D eigenvalue weighted by molar-refractivity contribution is -0.116. The number of aromatic nitrogens is 3. The van der Waals surface area contributed by atoms with E-state index in [9.17, 15) is 9.18 Å². The molecule has 1 aliphatic rings. The predicted molar refractivity (Wildman–Crippen MR) is 140 cm³/mol. The minimum Gasteiger partial charge on any atom is -0.352 e. The van der Waals surface area contributed by atoms with Crippen molar-refractivity contribution in [3.05, 3.63) is 114 Å². The highest BCUT2D eigenvalue weighted by atomic mass is 32.1. The number of halogens is 1. The van der Waals surface area contributed by atoms with Crippen molar-refractivity contribution in [1.82, 2.24) is 24.8 Å². The summed E-state index contributed by atoms with van der Waals surface area (Å²) in [7, 11) is 0. The summed E-state index contributed by atoms with van der Waals surface area (Å²) < 4.78 is 15.3. The molecule has 5 rings (SSSR count). The molecule has 36 heavy (non-hydrogen) atoms. The van der Waals surface area contributed by atoms with Crippen LogP contribution >= 0.6 is 12.2 Å². The van der Waals surface area contributed by atoms with Gasteiger partial charge in [0.2, 0.25) is 5.91 Å². The predicted octanol–water partition coefficient (Wildman–Crippen LogP) is 4.47. The van der Waals surface area contributed by atoms with Gasteiger partial charge in [-0.3, -0.25) is 14.8 Å². The first-order valence-electron chi connectivity index (χ1n) is 11.7. The number of hydrogen-bond acceptors (Lipinski definition) is 4. The van der Waals surface area contributed by atoms with Crippen molar-refractivity contribution in [1.29, 1.82) is 0 Å². The van der Waals surface area contributed by atoms with Gasteiger partial charge < -0.3 is 20.1 Å². The lowest BCUT2D eigenvalue weighted by Gasteiger charge is -2.28. The third-order valence-electron chi connectivity index (χ3n) is 6.13. The molecule has 182 valence electrons. The van der Waals surface area contributed by atoms with Crippen molar-refractivity contribution < 1.29 is 9.18 Å². The smallest absolute Gasteiger partial charge is 0.226 e. The summed E-state index contributed by atoms with van der Waals surface area (Å²) in [4.78, 5) is 23.8. The van der Waals surface area contributed by atoms with Crippen LogP contribution in [0.15, 0.2) is 91.4 Å². The number of carbonyl (C=O) groups is 1. The fraction of sp³-hybridized carbons (Fsp3) is 0.185. The van der Waals surface area contributed by atoms with E-state index in [-0.39, 0.29) is 30.2 Å². The van der Waals surface area contributed by atoms with Crippen molar-refractivity contribution in [2.24, 2.45) is 0 Å². The normalized spacial score (nSPS) is 17.1. The molecule has 7 nitrogen and oxygen atoms in total. The molecule has 4 aromatic rings. The summed E-state index contributed by atoms with van der Waals surface area (Å²) >= 11 is 5.73. The van der Waals surface area contributed by atoms with Gasteiger partial charge in [-0.25, -0.2) is 4.39 Å². The van der Waals surface area contributed by atoms with Gasteiger partial charge in [0, 0.05) is 42.9 Å². The SMILES string of the molecule is O=C(CCN1C(=S)N[C@@H](c2ccccn2)[C@@H]1c1cccn1Cc1ccccn1)Nc1ccc(F)cc1. The number of pyridine rings is 2. The highest BCUT2D eigenvalue weighted by molar-refractivity contribution is 7.80. The first-order chi connectivity index (χ1) is 17.6. The Labute approximate surface area is 214 Å². The van der Waals surface area contributed by atoms with E-state index in [0.29, 0.717) is 23.9 Å². The zero-order valence-corrected chi connectivity index (χ0v) is 20.2. The van der Waals surface area contributed by atoms with Crippen LogP contribution in [-0.4, -0.2) is 37.0 Å². The Kier molecular flexibility index (Phi) is 6.99. The largest absolute Gasteiger partial charge is 0.352 e. The number of rotatable bonds is 8. The summed E-state index contributed by atoms with van der Waals surface area (Å²) in [6.07, 6.45) is 5.79. The van der Waals surface area contributed by atoms with Gasteiger partial charge in [0.15, 0.2) is 5.11 Å². The Bertz CT molecular complexity index is 1330. The Hall–Kier alpha value is -4.11. The van der Waals surface area contributed by atoms with Gasteiger partial charge in [-0.1, -0.05) is 12.1 Å². The Morgan fingerprint density at radius 2 is 1.78 bits per heavy atom. The number of anilines is 1. The van der Waals surface area contributed by atoms with E-state index in [1.165, 1.54) is 12.1 Å². The molecule has 1 saturated heterocycles. The summed E-state index contributed by atoms with van der Waals surface area (Å²) in [5, 5.41) is 6.81. The van der Waals surface area contributed by atoms with E-state index in [2.05, 4.69) is 31.2 Å². The molecule has 2 N–H and O–H groups in total. The third-order valence-corrected chi connectivity index (χ3v) is 6.48. The molecule has 9 heteroatoms. The molecule has 0 spiro atoms. The molecule has 0 bridgehead atoms. The van der Waals surface area contributed by atoms with Crippen molar-refractivity contribution >= 4 is 28.9 Å². The van der Waals surface area contributed by atoms with Crippen LogP contribution in [0.1, 0.15) is 35.6 Å². The van der Waals surface area contributed by atoms with Crippen LogP contribution in [0.4, 0.5) is 10.1 Å². The van der Waals surface area contributed by atoms with Crippen LogP contribution < -0.4 is 10.6 Å². The average Bonchev–Trinajstić information content (AvgIpc) is 3.48. The number of carbonyl (C=O) groups excluding carboxylic acids is 1. The lowest BCUT2D eigenvalue weighted by atomic mass is 10.0. The molecule has 0 saturated carbocycles. The maximum Gasteiger partial charge on any atom is 0.226 e. The lowest BCUT2D eigenvalue weighted by Crippen LogP contribution is -2.33. The molecular formula is C27H25FN6OS. The molecular weight excluding hydrogens is 475 g/mol. The second kappa shape index (κ2) is 10.7. The zero-order chi connectivity index (χ0) is 24.9. The maximum absolute atomic E-state index is 13.2. The molecule has 4 heterocycles. The average molecular weight is 501 g/mol. The second-order valence-electron chi connectivity index (χ2n) is 8.51. The van der Waals surface area contributed by atoms with Crippen molar-refractivity contribution in [2.45, 2.75) is 25.0 Å². The summed E-state index contributed by atoms with van der Waals surface area (Å²) in [6, 6.07) is 21.1. The summed E-state index contributed by atoms with van der Waals surface area (Å²) in [5.41, 5.74) is 3.41. The fourth-order valence-corrected chi connectivity index (χ4v) is 4.78. The molecule has 0 unspecified atom stereocenters. The number of thiocarbonyl (C=S) groups is 1. The Morgan fingerprint density at radius 1 is 1.00 bits per heavy atom. The van der Waals surface area contributed by atoms with Gasteiger partial charge in [0.25, 0.3) is 0 Å². The molecule has 1 fully saturated rings. The Morgan fingerprint density at radius 3 is 2.50 bits per heavy atom. The van der Waals surface area contributed by atoms with Crippen LogP contribution in [0.25, 0.3) is 0 Å². The van der Waals surface area contributed by atoms with Crippen molar-refractivity contribution in [2.75, 3.05) is 11.9 Å². The number of nitrogens with zero attached hydrogens (tertiary/aromatic N) is 4. The van der Waals surface area contributed by atoms with Crippen LogP contribution in [0.5, 0.6) is 0 Å². The van der Waals surface area contributed by atoms with Crippen LogP contribution in [-0.2, 0) is 11.3 Å². The van der Waals surface area contributed by atoms with E-state index in [4.69, 9.17) is 12.2 Å². The summed E-state index contributed by atoms with van der Waals surface area (Å²) in [5.74, 6) is -0.521. The highest BCUT2D eigenvalue weighted by Gasteiger charge is 2.41. The monoisotopic (exact) mass is 500 g/mol. The van der Waals surface area contributed by atoms with E-state index in [1.807, 2.05) is 53.6 Å². The van der Waals surface area contributed by atoms with E-state index >= 15 is 0 Å².